The minimum absolute atomic E-state index is 0.0664. The van der Waals surface area contributed by atoms with E-state index in [-0.39, 0.29) is 17.4 Å². The molecule has 2 rings (SSSR count). The minimum atomic E-state index is -3.77. The van der Waals surface area contributed by atoms with E-state index in [0.717, 1.165) is 20.1 Å². The highest BCUT2D eigenvalue weighted by Gasteiger charge is 2.37. The van der Waals surface area contributed by atoms with Crippen molar-refractivity contribution >= 4 is 34.1 Å². The van der Waals surface area contributed by atoms with Crippen molar-refractivity contribution in [2.75, 3.05) is 33.3 Å². The van der Waals surface area contributed by atoms with Crippen LogP contribution in [0.25, 0.3) is 0 Å². The quantitative estimate of drug-likeness (QED) is 0.157. The van der Waals surface area contributed by atoms with Gasteiger partial charge in [-0.25, -0.2) is 13.1 Å². The standard InChI is InChI=1S/C14H17N3O5S.C4H11N3.CH4O/c18-9-7-15-14(20)12-6-8-17(12)13(19)10-16-23(21,22)11-4-2-1-3-5-11;1-2-3-7-4(5)6;1-2/h1-5,9,12,16H,6-8,10H2,(H,15,20);2-3H2,1H3,(H4,5,6,7);2H,1H3. The molecule has 32 heavy (non-hydrogen) atoms. The third-order valence-electron chi connectivity index (χ3n) is 3.99. The maximum Gasteiger partial charge on any atom is 0.243 e. The Morgan fingerprint density at radius 3 is 2.31 bits per heavy atom. The molecule has 0 aromatic heterocycles. The zero-order valence-corrected chi connectivity index (χ0v) is 19.0. The number of aliphatic hydroxyl groups excluding tert-OH is 1. The fourth-order valence-electron chi connectivity index (χ4n) is 2.40. The second-order valence-electron chi connectivity index (χ2n) is 6.25. The van der Waals surface area contributed by atoms with E-state index in [1.54, 1.807) is 18.2 Å². The monoisotopic (exact) mass is 472 g/mol. The summed E-state index contributed by atoms with van der Waals surface area (Å²) in [6.45, 7) is 2.60. The lowest BCUT2D eigenvalue weighted by Crippen LogP contribution is -2.60. The first-order valence-electron chi connectivity index (χ1n) is 9.78. The summed E-state index contributed by atoms with van der Waals surface area (Å²) in [7, 11) is -2.77. The van der Waals surface area contributed by atoms with Crippen molar-refractivity contribution in [3.63, 3.8) is 0 Å². The molecular weight excluding hydrogens is 440 g/mol. The number of nitrogens with one attached hydrogen (secondary N) is 2. The first kappa shape index (κ1) is 29.0. The van der Waals surface area contributed by atoms with Gasteiger partial charge in [0.2, 0.25) is 21.8 Å². The van der Waals surface area contributed by atoms with E-state index in [1.165, 1.54) is 17.0 Å². The number of likely N-dealkylation sites (tertiary alicyclic amines) is 1. The number of hydrogen-bond donors (Lipinski definition) is 5. The molecule has 1 atom stereocenters. The summed E-state index contributed by atoms with van der Waals surface area (Å²) in [5.74, 6) is -0.716. The smallest absolute Gasteiger partial charge is 0.243 e. The molecule has 1 aromatic rings. The molecule has 0 bridgehead atoms. The van der Waals surface area contributed by atoms with Gasteiger partial charge in [0.25, 0.3) is 0 Å². The van der Waals surface area contributed by atoms with Crippen molar-refractivity contribution in [2.45, 2.75) is 30.7 Å². The average Bonchev–Trinajstić information content (AvgIpc) is 2.76. The van der Waals surface area contributed by atoms with Crippen molar-refractivity contribution < 1.29 is 27.9 Å². The summed E-state index contributed by atoms with van der Waals surface area (Å²) in [6.07, 6.45) is 2.04. The van der Waals surface area contributed by atoms with Crippen molar-refractivity contribution in [3.8, 4) is 0 Å². The number of carbonyl (C=O) groups excluding carboxylic acids is 3. The number of aliphatic hydroxyl groups is 1. The largest absolute Gasteiger partial charge is 0.400 e. The summed E-state index contributed by atoms with van der Waals surface area (Å²) < 4.78 is 26.3. The Balaban J connectivity index is 0.000000911. The topological polar surface area (TPSA) is 197 Å². The number of sulfonamides is 1. The van der Waals surface area contributed by atoms with Crippen molar-refractivity contribution in [2.24, 2.45) is 16.5 Å². The number of hydrogen-bond acceptors (Lipinski definition) is 7. The molecule has 0 spiro atoms. The van der Waals surface area contributed by atoms with Crippen LogP contribution in [0.4, 0.5) is 0 Å². The van der Waals surface area contributed by atoms with Crippen molar-refractivity contribution in [3.05, 3.63) is 30.3 Å². The summed E-state index contributed by atoms with van der Waals surface area (Å²) >= 11 is 0. The highest BCUT2D eigenvalue weighted by Crippen LogP contribution is 2.17. The van der Waals surface area contributed by atoms with Gasteiger partial charge in [0.05, 0.1) is 18.0 Å². The zero-order chi connectivity index (χ0) is 24.6. The predicted octanol–water partition coefficient (Wildman–Crippen LogP) is -1.84. The number of guanidine groups is 1. The van der Waals surface area contributed by atoms with E-state index in [9.17, 15) is 22.8 Å². The molecule has 0 radical (unpaired) electrons. The van der Waals surface area contributed by atoms with E-state index < -0.39 is 34.4 Å². The molecule has 1 unspecified atom stereocenters. The van der Waals surface area contributed by atoms with Gasteiger partial charge in [-0.2, -0.15) is 0 Å². The average molecular weight is 473 g/mol. The van der Waals surface area contributed by atoms with E-state index >= 15 is 0 Å². The Morgan fingerprint density at radius 2 is 1.88 bits per heavy atom. The molecule has 1 aliphatic rings. The van der Waals surface area contributed by atoms with Crippen LogP contribution in [-0.4, -0.2) is 81.8 Å². The van der Waals surface area contributed by atoms with Gasteiger partial charge in [0, 0.05) is 20.2 Å². The lowest BCUT2D eigenvalue weighted by molar-refractivity contribution is -0.146. The predicted molar refractivity (Wildman–Crippen MR) is 120 cm³/mol. The van der Waals surface area contributed by atoms with Gasteiger partial charge in [0.15, 0.2) is 5.96 Å². The van der Waals surface area contributed by atoms with Gasteiger partial charge in [-0.15, -0.1) is 0 Å². The molecule has 180 valence electrons. The van der Waals surface area contributed by atoms with Gasteiger partial charge in [-0.05, 0) is 25.0 Å². The fraction of sp³-hybridized carbons (Fsp3) is 0.474. The molecule has 7 N–H and O–H groups in total. The summed E-state index contributed by atoms with van der Waals surface area (Å²) in [6, 6.07) is 7.05. The van der Waals surface area contributed by atoms with Crippen LogP contribution in [0.5, 0.6) is 0 Å². The first-order chi connectivity index (χ1) is 15.2. The van der Waals surface area contributed by atoms with E-state index in [4.69, 9.17) is 16.6 Å². The van der Waals surface area contributed by atoms with Gasteiger partial charge < -0.3 is 31.6 Å². The van der Waals surface area contributed by atoms with Crippen LogP contribution in [0, 0.1) is 0 Å². The minimum Gasteiger partial charge on any atom is -0.400 e. The van der Waals surface area contributed by atoms with Crippen molar-refractivity contribution in [1.82, 2.24) is 14.9 Å². The number of nitrogens with zero attached hydrogens (tertiary/aromatic N) is 2. The van der Waals surface area contributed by atoms with Crippen LogP contribution in [-0.2, 0) is 24.4 Å². The lowest BCUT2D eigenvalue weighted by atomic mass is 10.0. The number of carbonyl (C=O) groups is 3. The molecule has 1 aromatic carbocycles. The fourth-order valence-corrected chi connectivity index (χ4v) is 3.40. The molecule has 12 nitrogen and oxygen atoms in total. The number of aldehydes is 1. The van der Waals surface area contributed by atoms with E-state index in [0.29, 0.717) is 19.3 Å². The molecule has 1 aliphatic heterocycles. The Kier molecular flexibility index (Phi) is 14.2. The maximum atomic E-state index is 12.0. The highest BCUT2D eigenvalue weighted by atomic mass is 32.2. The number of rotatable bonds is 9. The van der Waals surface area contributed by atoms with Crippen molar-refractivity contribution in [1.29, 1.82) is 0 Å². The van der Waals surface area contributed by atoms with Gasteiger partial charge in [-0.3, -0.25) is 14.6 Å². The molecule has 1 saturated heterocycles. The molecule has 1 heterocycles. The summed E-state index contributed by atoms with van der Waals surface area (Å²) in [5, 5.41) is 9.38. The molecule has 0 saturated carbocycles. The Hall–Kier alpha value is -3.03. The third-order valence-corrected chi connectivity index (χ3v) is 5.40. The molecule has 0 aliphatic carbocycles. The van der Waals surface area contributed by atoms with Crippen LogP contribution >= 0.6 is 0 Å². The van der Waals surface area contributed by atoms with Gasteiger partial charge in [0.1, 0.15) is 12.3 Å². The summed E-state index contributed by atoms with van der Waals surface area (Å²) in [5.41, 5.74) is 10.0. The zero-order valence-electron chi connectivity index (χ0n) is 18.2. The number of benzene rings is 1. The second-order valence-corrected chi connectivity index (χ2v) is 8.01. The van der Waals surface area contributed by atoms with Crippen LogP contribution in [0.2, 0.25) is 0 Å². The molecule has 1 fully saturated rings. The lowest BCUT2D eigenvalue weighted by Gasteiger charge is -2.39. The number of aliphatic imine (C=N–C) groups is 1. The highest BCUT2D eigenvalue weighted by molar-refractivity contribution is 7.89. The SMILES string of the molecule is CCCN=C(N)N.CO.O=CCNC(=O)C1CCN1C(=O)CNS(=O)(=O)c1ccccc1. The second kappa shape index (κ2) is 15.7. The molecule has 2 amide bonds. The summed E-state index contributed by atoms with van der Waals surface area (Å²) in [4.78, 5) is 39.1. The van der Waals surface area contributed by atoms with E-state index in [2.05, 4.69) is 15.0 Å². The van der Waals surface area contributed by atoms with Crippen LogP contribution in [0.3, 0.4) is 0 Å². The number of amides is 2. The van der Waals surface area contributed by atoms with Crippen LogP contribution in [0.15, 0.2) is 40.2 Å². The Bertz CT molecular complexity index is 843. The third kappa shape index (κ3) is 10.3. The van der Waals surface area contributed by atoms with Crippen LogP contribution in [0.1, 0.15) is 19.8 Å². The van der Waals surface area contributed by atoms with Gasteiger partial charge >= 0.3 is 0 Å². The normalized spacial score (nSPS) is 14.3. The number of nitrogens with two attached hydrogens (primary N) is 2. The van der Waals surface area contributed by atoms with Gasteiger partial charge in [-0.1, -0.05) is 25.1 Å². The first-order valence-corrected chi connectivity index (χ1v) is 11.3. The molecular formula is C19H32N6O6S. The van der Waals surface area contributed by atoms with E-state index in [1.807, 2.05) is 6.92 Å². The molecule has 13 heteroatoms. The Labute approximate surface area is 188 Å². The maximum absolute atomic E-state index is 12.0. The van der Waals surface area contributed by atoms with Crippen LogP contribution < -0.4 is 21.5 Å². The Morgan fingerprint density at radius 1 is 1.25 bits per heavy atom.